The summed E-state index contributed by atoms with van der Waals surface area (Å²) in [6.45, 7) is 2.66. The van der Waals surface area contributed by atoms with Crippen molar-refractivity contribution < 1.29 is 5.11 Å². The van der Waals surface area contributed by atoms with Crippen LogP contribution in [0.1, 0.15) is 18.4 Å². The number of aromatic hydroxyl groups is 1. The molecule has 0 saturated carbocycles. The van der Waals surface area contributed by atoms with Crippen LogP contribution in [0.25, 0.3) is 10.8 Å². The van der Waals surface area contributed by atoms with Crippen LogP contribution in [-0.2, 0) is 0 Å². The van der Waals surface area contributed by atoms with Gasteiger partial charge in [0.05, 0.1) is 0 Å². The number of benzene rings is 2. The topological polar surface area (TPSA) is 46.2 Å². The summed E-state index contributed by atoms with van der Waals surface area (Å²) in [5.41, 5.74) is 6.78. The Morgan fingerprint density at radius 3 is 2.53 bits per heavy atom. The Hall–Kier alpha value is -1.54. The molecule has 2 rings (SSSR count). The van der Waals surface area contributed by atoms with Crippen molar-refractivity contribution in [2.24, 2.45) is 5.73 Å². The predicted octanol–water partition coefficient (Wildman–Crippen LogP) is 2.61. The Morgan fingerprint density at radius 1 is 1.20 bits per heavy atom. The largest absolute Gasteiger partial charge is 0.507 e. The lowest BCUT2D eigenvalue weighted by molar-refractivity contribution is 0.481. The summed E-state index contributed by atoms with van der Waals surface area (Å²) < 4.78 is 0. The first kappa shape index (κ1) is 9.99. The number of fused-ring (bicyclic) bond motifs is 1. The van der Waals surface area contributed by atoms with E-state index in [2.05, 4.69) is 6.92 Å². The second kappa shape index (κ2) is 3.91. The molecule has 1 unspecified atom stereocenters. The molecule has 2 heteroatoms. The summed E-state index contributed by atoms with van der Waals surface area (Å²) >= 11 is 0. The van der Waals surface area contributed by atoms with Gasteiger partial charge in [-0.3, -0.25) is 0 Å². The molecular formula is C13H15NO. The maximum atomic E-state index is 9.86. The molecular weight excluding hydrogens is 186 g/mol. The molecule has 15 heavy (non-hydrogen) atoms. The predicted molar refractivity (Wildman–Crippen MR) is 63.1 cm³/mol. The monoisotopic (exact) mass is 201 g/mol. The van der Waals surface area contributed by atoms with Crippen LogP contribution in [0.5, 0.6) is 5.75 Å². The van der Waals surface area contributed by atoms with E-state index in [1.807, 2.05) is 30.3 Å². The van der Waals surface area contributed by atoms with E-state index < -0.39 is 0 Å². The van der Waals surface area contributed by atoms with Gasteiger partial charge in [0.2, 0.25) is 0 Å². The molecule has 78 valence electrons. The molecule has 0 aliphatic rings. The van der Waals surface area contributed by atoms with E-state index in [9.17, 15) is 5.11 Å². The molecule has 1 atom stereocenters. The van der Waals surface area contributed by atoms with Gasteiger partial charge < -0.3 is 10.8 Å². The van der Waals surface area contributed by atoms with Crippen molar-refractivity contribution in [2.45, 2.75) is 12.8 Å². The van der Waals surface area contributed by atoms with Crippen LogP contribution in [0.15, 0.2) is 36.4 Å². The highest BCUT2D eigenvalue weighted by molar-refractivity contribution is 5.91. The second-order valence-electron chi connectivity index (χ2n) is 3.86. The van der Waals surface area contributed by atoms with Gasteiger partial charge in [0.25, 0.3) is 0 Å². The maximum absolute atomic E-state index is 9.86. The summed E-state index contributed by atoms with van der Waals surface area (Å²) in [6.07, 6.45) is 0. The Bertz CT molecular complexity index is 474. The molecule has 2 nitrogen and oxygen atoms in total. The van der Waals surface area contributed by atoms with E-state index in [0.717, 1.165) is 16.3 Å². The van der Waals surface area contributed by atoms with Crippen LogP contribution in [0, 0.1) is 0 Å². The number of hydrogen-bond acceptors (Lipinski definition) is 2. The Kier molecular flexibility index (Phi) is 2.60. The zero-order valence-electron chi connectivity index (χ0n) is 8.77. The van der Waals surface area contributed by atoms with Crippen molar-refractivity contribution in [1.29, 1.82) is 0 Å². The normalized spacial score (nSPS) is 12.9. The van der Waals surface area contributed by atoms with Crippen molar-refractivity contribution in [3.8, 4) is 5.75 Å². The Morgan fingerprint density at radius 2 is 1.87 bits per heavy atom. The van der Waals surface area contributed by atoms with Crippen LogP contribution in [0.4, 0.5) is 0 Å². The molecule has 3 N–H and O–H groups in total. The minimum absolute atomic E-state index is 0.266. The average molecular weight is 201 g/mol. The molecule has 0 aromatic heterocycles. The summed E-state index contributed by atoms with van der Waals surface area (Å²) in [5.74, 6) is 0.602. The summed E-state index contributed by atoms with van der Waals surface area (Å²) in [6, 6.07) is 11.6. The second-order valence-corrected chi connectivity index (χ2v) is 3.86. The van der Waals surface area contributed by atoms with Gasteiger partial charge in [0, 0.05) is 5.39 Å². The fraction of sp³-hybridized carbons (Fsp3) is 0.231. The fourth-order valence-electron chi connectivity index (χ4n) is 1.89. The SMILES string of the molecule is CC(CN)c1cccc2cccc(O)c12. The maximum Gasteiger partial charge on any atom is 0.123 e. The molecule has 2 aromatic carbocycles. The number of phenolic OH excluding ortho intramolecular Hbond substituents is 1. The van der Waals surface area contributed by atoms with Gasteiger partial charge in [-0.25, -0.2) is 0 Å². The molecule has 0 fully saturated rings. The van der Waals surface area contributed by atoms with E-state index in [1.165, 1.54) is 0 Å². The van der Waals surface area contributed by atoms with E-state index in [0.29, 0.717) is 12.3 Å². The summed E-state index contributed by atoms with van der Waals surface area (Å²) in [4.78, 5) is 0. The zero-order valence-corrected chi connectivity index (χ0v) is 8.77. The molecule has 0 heterocycles. The molecule has 0 amide bonds. The zero-order chi connectivity index (χ0) is 10.8. The quantitative estimate of drug-likeness (QED) is 0.784. The lowest BCUT2D eigenvalue weighted by Gasteiger charge is -2.13. The van der Waals surface area contributed by atoms with Gasteiger partial charge in [-0.2, -0.15) is 0 Å². The average Bonchev–Trinajstić information content (AvgIpc) is 2.28. The van der Waals surface area contributed by atoms with E-state index >= 15 is 0 Å². The third-order valence-corrected chi connectivity index (χ3v) is 2.80. The number of phenols is 1. The van der Waals surface area contributed by atoms with Crippen LogP contribution < -0.4 is 5.73 Å². The van der Waals surface area contributed by atoms with Crippen molar-refractivity contribution >= 4 is 10.8 Å². The number of hydrogen-bond donors (Lipinski definition) is 2. The molecule has 0 aliphatic heterocycles. The van der Waals surface area contributed by atoms with Crippen molar-refractivity contribution in [2.75, 3.05) is 6.54 Å². The molecule has 0 spiro atoms. The number of rotatable bonds is 2. The Balaban J connectivity index is 2.74. The van der Waals surface area contributed by atoms with Crippen LogP contribution in [0.2, 0.25) is 0 Å². The highest BCUT2D eigenvalue weighted by atomic mass is 16.3. The number of nitrogens with two attached hydrogens (primary N) is 1. The Labute approximate surface area is 89.3 Å². The van der Waals surface area contributed by atoms with E-state index in [-0.39, 0.29) is 5.92 Å². The molecule has 0 aliphatic carbocycles. The van der Waals surface area contributed by atoms with Crippen LogP contribution >= 0.6 is 0 Å². The third kappa shape index (κ3) is 1.68. The van der Waals surface area contributed by atoms with Crippen molar-refractivity contribution in [1.82, 2.24) is 0 Å². The summed E-state index contributed by atoms with van der Waals surface area (Å²) in [7, 11) is 0. The molecule has 0 radical (unpaired) electrons. The van der Waals surface area contributed by atoms with Gasteiger partial charge in [-0.05, 0) is 29.5 Å². The van der Waals surface area contributed by atoms with Crippen LogP contribution in [0.3, 0.4) is 0 Å². The first-order valence-electron chi connectivity index (χ1n) is 5.14. The lowest BCUT2D eigenvalue weighted by atomic mass is 9.94. The van der Waals surface area contributed by atoms with Gasteiger partial charge in [-0.1, -0.05) is 37.3 Å². The minimum atomic E-state index is 0.266. The highest BCUT2D eigenvalue weighted by Crippen LogP contribution is 2.31. The fourth-order valence-corrected chi connectivity index (χ4v) is 1.89. The van der Waals surface area contributed by atoms with Crippen molar-refractivity contribution in [3.63, 3.8) is 0 Å². The first-order valence-corrected chi connectivity index (χ1v) is 5.14. The van der Waals surface area contributed by atoms with Gasteiger partial charge in [0.15, 0.2) is 0 Å². The van der Waals surface area contributed by atoms with Gasteiger partial charge >= 0.3 is 0 Å². The van der Waals surface area contributed by atoms with E-state index in [4.69, 9.17) is 5.73 Å². The highest BCUT2D eigenvalue weighted by Gasteiger charge is 2.10. The molecule has 2 aromatic rings. The van der Waals surface area contributed by atoms with Gasteiger partial charge in [-0.15, -0.1) is 0 Å². The van der Waals surface area contributed by atoms with Gasteiger partial charge in [0.1, 0.15) is 5.75 Å². The van der Waals surface area contributed by atoms with Crippen LogP contribution in [-0.4, -0.2) is 11.7 Å². The third-order valence-electron chi connectivity index (χ3n) is 2.80. The first-order chi connectivity index (χ1) is 7.24. The standard InChI is InChI=1S/C13H15NO/c1-9(8-14)11-6-2-4-10-5-3-7-12(15)13(10)11/h2-7,9,15H,8,14H2,1H3. The minimum Gasteiger partial charge on any atom is -0.507 e. The van der Waals surface area contributed by atoms with E-state index in [1.54, 1.807) is 6.07 Å². The lowest BCUT2D eigenvalue weighted by Crippen LogP contribution is -2.09. The smallest absolute Gasteiger partial charge is 0.123 e. The molecule has 0 saturated heterocycles. The van der Waals surface area contributed by atoms with Crippen molar-refractivity contribution in [3.05, 3.63) is 42.0 Å². The molecule has 0 bridgehead atoms. The summed E-state index contributed by atoms with van der Waals surface area (Å²) in [5, 5.41) is 11.8.